The minimum Gasteiger partial charge on any atom is -0.352 e. The van der Waals surface area contributed by atoms with Gasteiger partial charge in [-0.2, -0.15) is 5.10 Å². The molecule has 0 aromatic carbocycles. The molecule has 1 unspecified atom stereocenters. The van der Waals surface area contributed by atoms with Crippen LogP contribution in [0.15, 0.2) is 60.0 Å². The van der Waals surface area contributed by atoms with Crippen molar-refractivity contribution in [2.75, 3.05) is 11.4 Å². The van der Waals surface area contributed by atoms with Gasteiger partial charge in [0.2, 0.25) is 0 Å². The fourth-order valence-electron chi connectivity index (χ4n) is 3.23. The predicted molar refractivity (Wildman–Crippen MR) is 94.1 cm³/mol. The molecule has 0 bridgehead atoms. The molecule has 4 rings (SSSR count). The second kappa shape index (κ2) is 6.80. The van der Waals surface area contributed by atoms with E-state index in [2.05, 4.69) is 25.0 Å². The largest absolute Gasteiger partial charge is 0.352 e. The molecular formula is C18H18N6O. The lowest BCUT2D eigenvalue weighted by Crippen LogP contribution is -2.37. The summed E-state index contributed by atoms with van der Waals surface area (Å²) in [6.07, 6.45) is 8.85. The summed E-state index contributed by atoms with van der Waals surface area (Å²) in [5, 5.41) is 4.54. The van der Waals surface area contributed by atoms with E-state index in [4.69, 9.17) is 0 Å². The van der Waals surface area contributed by atoms with Crippen molar-refractivity contribution in [2.45, 2.75) is 25.4 Å². The van der Waals surface area contributed by atoms with Gasteiger partial charge in [0, 0.05) is 36.8 Å². The number of anilines is 1. The van der Waals surface area contributed by atoms with Gasteiger partial charge in [-0.15, -0.1) is 0 Å². The van der Waals surface area contributed by atoms with E-state index >= 15 is 0 Å². The summed E-state index contributed by atoms with van der Waals surface area (Å²) in [6, 6.07) is 9.21. The van der Waals surface area contributed by atoms with Crippen molar-refractivity contribution in [3.63, 3.8) is 0 Å². The third kappa shape index (κ3) is 3.26. The summed E-state index contributed by atoms with van der Waals surface area (Å²) in [7, 11) is 0. The van der Waals surface area contributed by atoms with E-state index in [1.165, 1.54) is 0 Å². The number of rotatable bonds is 4. The van der Waals surface area contributed by atoms with Gasteiger partial charge in [0.1, 0.15) is 12.1 Å². The monoisotopic (exact) mass is 334 g/mol. The Morgan fingerprint density at radius 3 is 2.88 bits per heavy atom. The Kier molecular flexibility index (Phi) is 4.20. The first-order valence-electron chi connectivity index (χ1n) is 8.32. The second-order valence-electron chi connectivity index (χ2n) is 6.04. The third-order valence-corrected chi connectivity index (χ3v) is 4.45. The fraction of sp³-hybridized carbons (Fsp3) is 0.278. The minimum absolute atomic E-state index is 0.0952. The molecule has 1 saturated heterocycles. The van der Waals surface area contributed by atoms with Gasteiger partial charge >= 0.3 is 0 Å². The van der Waals surface area contributed by atoms with Crippen LogP contribution >= 0.6 is 0 Å². The zero-order chi connectivity index (χ0) is 17.1. The van der Waals surface area contributed by atoms with Gasteiger partial charge in [-0.25, -0.2) is 14.6 Å². The molecule has 1 atom stereocenters. The molecule has 0 saturated carbocycles. The third-order valence-electron chi connectivity index (χ3n) is 4.45. The lowest BCUT2D eigenvalue weighted by molar-refractivity contribution is 0.488. The van der Waals surface area contributed by atoms with Crippen molar-refractivity contribution >= 4 is 5.82 Å². The van der Waals surface area contributed by atoms with Crippen LogP contribution in [-0.2, 0) is 6.54 Å². The minimum atomic E-state index is -0.0952. The van der Waals surface area contributed by atoms with Gasteiger partial charge in [-0.05, 0) is 37.1 Å². The number of hydrogen-bond donors (Lipinski definition) is 0. The van der Waals surface area contributed by atoms with Gasteiger partial charge in [0.05, 0.1) is 18.3 Å². The molecule has 7 nitrogen and oxygen atoms in total. The standard InChI is InChI=1S/C18H18N6O/c25-18-6-5-16(14-3-1-8-19-11-14)22-24(18)12-15-4-2-10-23(15)17-7-9-20-13-21-17/h1,3,5-9,11,13,15H,2,4,10,12H2. The van der Waals surface area contributed by atoms with E-state index in [-0.39, 0.29) is 11.6 Å². The van der Waals surface area contributed by atoms with E-state index in [0.29, 0.717) is 6.54 Å². The normalized spacial score (nSPS) is 17.0. The molecule has 4 heterocycles. The molecule has 1 fully saturated rings. The summed E-state index contributed by atoms with van der Waals surface area (Å²) in [5.41, 5.74) is 1.55. The molecule has 0 radical (unpaired) electrons. The van der Waals surface area contributed by atoms with Crippen LogP contribution in [0.5, 0.6) is 0 Å². The Hall–Kier alpha value is -3.09. The zero-order valence-electron chi connectivity index (χ0n) is 13.7. The maximum absolute atomic E-state index is 12.3. The van der Waals surface area contributed by atoms with Crippen molar-refractivity contribution in [3.05, 3.63) is 65.6 Å². The Morgan fingerprint density at radius 2 is 2.08 bits per heavy atom. The quantitative estimate of drug-likeness (QED) is 0.724. The van der Waals surface area contributed by atoms with E-state index in [0.717, 1.165) is 36.5 Å². The highest BCUT2D eigenvalue weighted by atomic mass is 16.1. The molecule has 1 aliphatic heterocycles. The highest BCUT2D eigenvalue weighted by Crippen LogP contribution is 2.24. The van der Waals surface area contributed by atoms with Gasteiger partial charge in [0.15, 0.2) is 0 Å². The molecule has 3 aromatic heterocycles. The van der Waals surface area contributed by atoms with Crippen molar-refractivity contribution in [1.29, 1.82) is 0 Å². The van der Waals surface area contributed by atoms with Crippen LogP contribution in [0.2, 0.25) is 0 Å². The number of aromatic nitrogens is 5. The summed E-state index contributed by atoms with van der Waals surface area (Å²) in [6.45, 7) is 1.47. The number of nitrogens with zero attached hydrogens (tertiary/aromatic N) is 6. The summed E-state index contributed by atoms with van der Waals surface area (Å²) < 4.78 is 1.55. The summed E-state index contributed by atoms with van der Waals surface area (Å²) in [4.78, 5) is 26.9. The molecule has 3 aromatic rings. The highest BCUT2D eigenvalue weighted by molar-refractivity contribution is 5.56. The van der Waals surface area contributed by atoms with Gasteiger partial charge in [-0.3, -0.25) is 9.78 Å². The first kappa shape index (κ1) is 15.4. The van der Waals surface area contributed by atoms with Gasteiger partial charge < -0.3 is 4.90 Å². The summed E-state index contributed by atoms with van der Waals surface area (Å²) in [5.74, 6) is 0.897. The average molecular weight is 334 g/mol. The Morgan fingerprint density at radius 1 is 1.12 bits per heavy atom. The van der Waals surface area contributed by atoms with Crippen LogP contribution in [0, 0.1) is 0 Å². The van der Waals surface area contributed by atoms with Crippen molar-refractivity contribution in [1.82, 2.24) is 24.7 Å². The van der Waals surface area contributed by atoms with Gasteiger partial charge in [0.25, 0.3) is 5.56 Å². The van der Waals surface area contributed by atoms with Crippen LogP contribution < -0.4 is 10.5 Å². The van der Waals surface area contributed by atoms with Crippen LogP contribution in [0.1, 0.15) is 12.8 Å². The Bertz CT molecular complexity index is 896. The smallest absolute Gasteiger partial charge is 0.266 e. The van der Waals surface area contributed by atoms with Crippen LogP contribution in [-0.4, -0.2) is 37.3 Å². The topological polar surface area (TPSA) is 76.8 Å². The molecule has 0 amide bonds. The lowest BCUT2D eigenvalue weighted by atomic mass is 10.2. The second-order valence-corrected chi connectivity index (χ2v) is 6.04. The molecule has 0 spiro atoms. The highest BCUT2D eigenvalue weighted by Gasteiger charge is 2.26. The molecule has 126 valence electrons. The first-order chi connectivity index (χ1) is 12.3. The maximum atomic E-state index is 12.3. The van der Waals surface area contributed by atoms with Crippen molar-refractivity contribution in [3.8, 4) is 11.3 Å². The van der Waals surface area contributed by atoms with Crippen LogP contribution in [0.4, 0.5) is 5.82 Å². The first-order valence-corrected chi connectivity index (χ1v) is 8.32. The van der Waals surface area contributed by atoms with Crippen LogP contribution in [0.3, 0.4) is 0 Å². The van der Waals surface area contributed by atoms with Crippen molar-refractivity contribution in [2.24, 2.45) is 0 Å². The molecule has 7 heteroatoms. The van der Waals surface area contributed by atoms with E-state index in [1.54, 1.807) is 41.7 Å². The van der Waals surface area contributed by atoms with E-state index < -0.39 is 0 Å². The zero-order valence-corrected chi connectivity index (χ0v) is 13.7. The molecular weight excluding hydrogens is 316 g/mol. The predicted octanol–water partition coefficient (Wildman–Crippen LogP) is 1.76. The van der Waals surface area contributed by atoms with E-state index in [1.807, 2.05) is 18.2 Å². The SMILES string of the molecule is O=c1ccc(-c2cccnc2)nn1CC1CCCN1c1ccncn1. The molecule has 0 N–H and O–H groups in total. The molecule has 25 heavy (non-hydrogen) atoms. The fourth-order valence-corrected chi connectivity index (χ4v) is 3.23. The van der Waals surface area contributed by atoms with Gasteiger partial charge in [-0.1, -0.05) is 0 Å². The molecule has 0 aliphatic carbocycles. The molecule has 1 aliphatic rings. The van der Waals surface area contributed by atoms with E-state index in [9.17, 15) is 4.79 Å². The average Bonchev–Trinajstić information content (AvgIpc) is 3.13. The van der Waals surface area contributed by atoms with Crippen molar-refractivity contribution < 1.29 is 0 Å². The Balaban J connectivity index is 1.61. The number of pyridine rings is 1. The van der Waals surface area contributed by atoms with Crippen LogP contribution in [0.25, 0.3) is 11.3 Å². The summed E-state index contributed by atoms with van der Waals surface area (Å²) >= 11 is 0. The lowest BCUT2D eigenvalue weighted by Gasteiger charge is -2.25. The maximum Gasteiger partial charge on any atom is 0.266 e. The number of hydrogen-bond acceptors (Lipinski definition) is 6. The Labute approximate surface area is 145 Å².